The van der Waals surface area contributed by atoms with Crippen molar-refractivity contribution in [1.29, 1.82) is 0 Å². The van der Waals surface area contributed by atoms with Crippen molar-refractivity contribution in [2.45, 2.75) is 13.0 Å². The predicted molar refractivity (Wildman–Crippen MR) is 53.5 cm³/mol. The highest BCUT2D eigenvalue weighted by atomic mass is 32.2. The van der Waals surface area contributed by atoms with Gasteiger partial charge in [0.1, 0.15) is 0 Å². The molecule has 0 spiro atoms. The fourth-order valence-electron chi connectivity index (χ4n) is 0.995. The fourth-order valence-corrected chi connectivity index (χ4v) is 1.34. The second kappa shape index (κ2) is 4.91. The molecule has 1 amide bonds. The average Bonchev–Trinajstić information content (AvgIpc) is 2.55. The Hall–Kier alpha value is -0.970. The smallest absolute Gasteiger partial charge is 0.230 e. The number of amides is 1. The summed E-state index contributed by atoms with van der Waals surface area (Å²) >= 11 is 1.51. The van der Waals surface area contributed by atoms with Crippen molar-refractivity contribution in [1.82, 2.24) is 15.5 Å². The molecule has 13 heavy (non-hydrogen) atoms. The first-order valence-electron chi connectivity index (χ1n) is 4.01. The lowest BCUT2D eigenvalue weighted by atomic mass is 10.2. The van der Waals surface area contributed by atoms with Crippen molar-refractivity contribution in [2.24, 2.45) is 0 Å². The van der Waals surface area contributed by atoms with Crippen LogP contribution in [0.15, 0.2) is 12.4 Å². The molecule has 0 aliphatic heterocycles. The molecule has 1 unspecified atom stereocenters. The van der Waals surface area contributed by atoms with Crippen LogP contribution in [0.3, 0.4) is 0 Å². The van der Waals surface area contributed by atoms with Gasteiger partial charge in [-0.2, -0.15) is 16.9 Å². The van der Waals surface area contributed by atoms with Crippen molar-refractivity contribution in [3.63, 3.8) is 0 Å². The Balaban J connectivity index is 2.42. The summed E-state index contributed by atoms with van der Waals surface area (Å²) in [5.74, 6) is 0.559. The van der Waals surface area contributed by atoms with Gasteiger partial charge < -0.3 is 5.32 Å². The lowest BCUT2D eigenvalue weighted by molar-refractivity contribution is -0.119. The monoisotopic (exact) mass is 199 g/mol. The maximum Gasteiger partial charge on any atom is 0.230 e. The Morgan fingerprint density at radius 1 is 1.85 bits per heavy atom. The molecule has 0 aromatic carbocycles. The average molecular weight is 199 g/mol. The Morgan fingerprint density at radius 2 is 2.62 bits per heavy atom. The highest BCUT2D eigenvalue weighted by Crippen LogP contribution is 2.08. The Morgan fingerprint density at radius 3 is 3.15 bits per heavy atom. The number of hydrogen-bond acceptors (Lipinski definition) is 3. The normalized spacial score (nSPS) is 12.5. The van der Waals surface area contributed by atoms with Gasteiger partial charge in [0.15, 0.2) is 0 Å². The number of aromatic nitrogens is 2. The second-order valence-electron chi connectivity index (χ2n) is 2.75. The topological polar surface area (TPSA) is 57.8 Å². The van der Waals surface area contributed by atoms with Gasteiger partial charge in [0.25, 0.3) is 0 Å². The van der Waals surface area contributed by atoms with Crippen molar-refractivity contribution < 1.29 is 4.79 Å². The SMILES string of the molecule is CSCC(=O)NC(C)c1cn[nH]c1. The molecule has 0 saturated heterocycles. The molecule has 1 heterocycles. The van der Waals surface area contributed by atoms with Gasteiger partial charge in [0.2, 0.25) is 5.91 Å². The van der Waals surface area contributed by atoms with Crippen LogP contribution in [0, 0.1) is 0 Å². The van der Waals surface area contributed by atoms with Crippen LogP contribution in [-0.4, -0.2) is 28.1 Å². The number of thioether (sulfide) groups is 1. The zero-order valence-electron chi connectivity index (χ0n) is 7.70. The van der Waals surface area contributed by atoms with Gasteiger partial charge in [-0.25, -0.2) is 0 Å². The summed E-state index contributed by atoms with van der Waals surface area (Å²) in [7, 11) is 0. The molecule has 1 rings (SSSR count). The van der Waals surface area contributed by atoms with Crippen molar-refractivity contribution in [3.05, 3.63) is 18.0 Å². The molecule has 0 bridgehead atoms. The fraction of sp³-hybridized carbons (Fsp3) is 0.500. The first-order valence-corrected chi connectivity index (χ1v) is 5.40. The highest BCUT2D eigenvalue weighted by Gasteiger charge is 2.08. The van der Waals surface area contributed by atoms with E-state index in [4.69, 9.17) is 0 Å². The van der Waals surface area contributed by atoms with Gasteiger partial charge in [-0.15, -0.1) is 0 Å². The second-order valence-corrected chi connectivity index (χ2v) is 3.62. The molecule has 72 valence electrons. The number of nitrogens with zero attached hydrogens (tertiary/aromatic N) is 1. The molecule has 1 atom stereocenters. The van der Waals surface area contributed by atoms with Gasteiger partial charge in [-0.05, 0) is 13.2 Å². The van der Waals surface area contributed by atoms with Gasteiger partial charge in [0, 0.05) is 11.8 Å². The number of rotatable bonds is 4. The Kier molecular flexibility index (Phi) is 3.82. The molecular formula is C8H13N3OS. The lowest BCUT2D eigenvalue weighted by Gasteiger charge is -2.10. The molecule has 4 nitrogen and oxygen atoms in total. The first-order chi connectivity index (χ1) is 6.24. The zero-order chi connectivity index (χ0) is 9.68. The van der Waals surface area contributed by atoms with Crippen LogP contribution in [0.4, 0.5) is 0 Å². The quantitative estimate of drug-likeness (QED) is 0.759. The Bertz CT molecular complexity index is 260. The number of nitrogens with one attached hydrogen (secondary N) is 2. The van der Waals surface area contributed by atoms with Crippen LogP contribution < -0.4 is 5.32 Å². The molecule has 0 saturated carbocycles. The standard InChI is InChI=1S/C8H13N3OS/c1-6(7-3-9-10-4-7)11-8(12)5-13-2/h3-4,6H,5H2,1-2H3,(H,9,10)(H,11,12). The van der Waals surface area contributed by atoms with Crippen molar-refractivity contribution in [2.75, 3.05) is 12.0 Å². The van der Waals surface area contributed by atoms with E-state index in [1.165, 1.54) is 11.8 Å². The molecule has 0 aliphatic carbocycles. The summed E-state index contributed by atoms with van der Waals surface area (Å²) < 4.78 is 0. The van der Waals surface area contributed by atoms with E-state index < -0.39 is 0 Å². The number of carbonyl (C=O) groups is 1. The van der Waals surface area contributed by atoms with E-state index in [1.54, 1.807) is 12.4 Å². The van der Waals surface area contributed by atoms with E-state index in [1.807, 2.05) is 13.2 Å². The third-order valence-corrected chi connectivity index (χ3v) is 2.22. The summed E-state index contributed by atoms with van der Waals surface area (Å²) in [5, 5.41) is 9.39. The lowest BCUT2D eigenvalue weighted by Crippen LogP contribution is -2.27. The molecular weight excluding hydrogens is 186 g/mol. The van der Waals surface area contributed by atoms with Gasteiger partial charge in [-0.3, -0.25) is 9.89 Å². The third kappa shape index (κ3) is 3.10. The maximum absolute atomic E-state index is 11.2. The van der Waals surface area contributed by atoms with E-state index in [2.05, 4.69) is 15.5 Å². The minimum absolute atomic E-state index is 0.0263. The number of carbonyl (C=O) groups excluding carboxylic acids is 1. The van der Waals surface area contributed by atoms with Crippen molar-refractivity contribution in [3.8, 4) is 0 Å². The molecule has 1 aromatic heterocycles. The largest absolute Gasteiger partial charge is 0.349 e. The van der Waals surface area contributed by atoms with E-state index in [-0.39, 0.29) is 11.9 Å². The van der Waals surface area contributed by atoms with Gasteiger partial charge in [-0.1, -0.05) is 0 Å². The number of aromatic amines is 1. The number of H-pyrrole nitrogens is 1. The Labute approximate surface area is 81.5 Å². The molecule has 1 aromatic rings. The van der Waals surface area contributed by atoms with Crippen LogP contribution in [0.25, 0.3) is 0 Å². The predicted octanol–water partition coefficient (Wildman–Crippen LogP) is 0.950. The minimum atomic E-state index is 0.0263. The molecule has 0 radical (unpaired) electrons. The highest BCUT2D eigenvalue weighted by molar-refractivity contribution is 7.99. The molecule has 5 heteroatoms. The van der Waals surface area contributed by atoms with E-state index in [0.717, 1.165) is 5.56 Å². The summed E-state index contributed by atoms with van der Waals surface area (Å²) in [6.45, 7) is 1.93. The van der Waals surface area contributed by atoms with Crippen LogP contribution in [0.1, 0.15) is 18.5 Å². The van der Waals surface area contributed by atoms with Gasteiger partial charge >= 0.3 is 0 Å². The van der Waals surface area contributed by atoms with Crippen LogP contribution in [0.2, 0.25) is 0 Å². The summed E-state index contributed by atoms with van der Waals surface area (Å²) in [5.41, 5.74) is 0.995. The number of hydrogen-bond donors (Lipinski definition) is 2. The van der Waals surface area contributed by atoms with Crippen LogP contribution >= 0.6 is 11.8 Å². The summed E-state index contributed by atoms with van der Waals surface area (Å²) in [6.07, 6.45) is 5.40. The van der Waals surface area contributed by atoms with Gasteiger partial charge in [0.05, 0.1) is 18.0 Å². The summed E-state index contributed by atoms with van der Waals surface area (Å²) in [4.78, 5) is 11.2. The first kappa shape index (κ1) is 10.1. The van der Waals surface area contributed by atoms with E-state index in [0.29, 0.717) is 5.75 Å². The maximum atomic E-state index is 11.2. The molecule has 2 N–H and O–H groups in total. The van der Waals surface area contributed by atoms with Crippen LogP contribution in [-0.2, 0) is 4.79 Å². The molecule has 0 aliphatic rings. The zero-order valence-corrected chi connectivity index (χ0v) is 8.52. The van der Waals surface area contributed by atoms with E-state index in [9.17, 15) is 4.79 Å². The minimum Gasteiger partial charge on any atom is -0.349 e. The van der Waals surface area contributed by atoms with Crippen molar-refractivity contribution >= 4 is 17.7 Å². The van der Waals surface area contributed by atoms with Crippen LogP contribution in [0.5, 0.6) is 0 Å². The molecule has 0 fully saturated rings. The van der Waals surface area contributed by atoms with E-state index >= 15 is 0 Å². The third-order valence-electron chi connectivity index (χ3n) is 1.67. The summed E-state index contributed by atoms with van der Waals surface area (Å²) in [6, 6.07) is 0.0263.